The van der Waals surface area contributed by atoms with Gasteiger partial charge in [0, 0.05) is 22.6 Å². The molecular weight excluding hydrogens is 410 g/mol. The van der Waals surface area contributed by atoms with Crippen molar-refractivity contribution in [1.82, 2.24) is 4.98 Å². The highest BCUT2D eigenvalue weighted by Gasteiger charge is 2.39. The molecule has 0 spiro atoms. The Morgan fingerprint density at radius 2 is 1.15 bits per heavy atom. The number of rotatable bonds is 0. The second-order valence-corrected chi connectivity index (χ2v) is 11.2. The van der Waals surface area contributed by atoms with Crippen LogP contribution in [0.4, 0.5) is 0 Å². The second-order valence-electron chi connectivity index (χ2n) is 11.2. The van der Waals surface area contributed by atoms with Gasteiger partial charge in [-0.05, 0) is 83.9 Å². The highest BCUT2D eigenvalue weighted by atomic mass is 14.7. The van der Waals surface area contributed by atoms with Gasteiger partial charge in [0.1, 0.15) is 0 Å². The van der Waals surface area contributed by atoms with E-state index < -0.39 is 0 Å². The summed E-state index contributed by atoms with van der Waals surface area (Å²) in [6.07, 6.45) is 1.94. The Morgan fingerprint density at radius 3 is 1.88 bits per heavy atom. The normalized spacial score (nSPS) is 16.7. The molecule has 0 saturated carbocycles. The zero-order valence-electron chi connectivity index (χ0n) is 20.0. The summed E-state index contributed by atoms with van der Waals surface area (Å²) >= 11 is 0. The van der Waals surface area contributed by atoms with Crippen LogP contribution >= 0.6 is 0 Å². The van der Waals surface area contributed by atoms with Gasteiger partial charge in [0.05, 0.1) is 5.69 Å². The van der Waals surface area contributed by atoms with E-state index in [1.54, 1.807) is 0 Å². The maximum atomic E-state index is 4.89. The molecule has 0 unspecified atom stereocenters. The Kier molecular flexibility index (Phi) is 3.12. The molecule has 1 aromatic heterocycles. The van der Waals surface area contributed by atoms with Gasteiger partial charge in [-0.3, -0.25) is 4.98 Å². The van der Waals surface area contributed by atoms with E-state index in [0.717, 1.165) is 5.69 Å². The summed E-state index contributed by atoms with van der Waals surface area (Å²) in [6, 6.07) is 27.6. The quantitative estimate of drug-likeness (QED) is 0.218. The first-order valence-corrected chi connectivity index (χ1v) is 12.2. The molecule has 0 radical (unpaired) electrons. The molecule has 1 nitrogen and oxygen atoms in total. The number of aromatic nitrogens is 1. The molecule has 0 N–H and O–H groups in total. The maximum Gasteiger partial charge on any atom is 0.0752 e. The van der Waals surface area contributed by atoms with E-state index in [-0.39, 0.29) is 10.8 Å². The van der Waals surface area contributed by atoms with E-state index in [1.165, 1.54) is 71.3 Å². The Labute approximate surface area is 199 Å². The van der Waals surface area contributed by atoms with E-state index in [2.05, 4.69) is 100 Å². The van der Waals surface area contributed by atoms with Gasteiger partial charge in [-0.1, -0.05) is 82.3 Å². The fourth-order valence-corrected chi connectivity index (χ4v) is 7.13. The maximum absolute atomic E-state index is 4.89. The lowest BCUT2D eigenvalue weighted by atomic mass is 9.79. The van der Waals surface area contributed by atoms with Crippen molar-refractivity contribution in [3.05, 3.63) is 101 Å². The molecule has 2 aliphatic rings. The molecule has 5 aromatic carbocycles. The Hall–Kier alpha value is -3.71. The minimum atomic E-state index is -0.0480. The average Bonchev–Trinajstić information content (AvgIpc) is 3.22. The summed E-state index contributed by atoms with van der Waals surface area (Å²) in [5, 5.41) is 8.16. The highest BCUT2D eigenvalue weighted by Crippen LogP contribution is 2.56. The highest BCUT2D eigenvalue weighted by molar-refractivity contribution is 6.29. The molecule has 0 amide bonds. The Balaban J connectivity index is 1.59. The monoisotopic (exact) mass is 435 g/mol. The van der Waals surface area contributed by atoms with Crippen molar-refractivity contribution < 1.29 is 0 Å². The van der Waals surface area contributed by atoms with Crippen LogP contribution in [0.3, 0.4) is 0 Å². The second kappa shape index (κ2) is 5.67. The lowest BCUT2D eigenvalue weighted by molar-refractivity contribution is 0.660. The molecule has 0 aliphatic heterocycles. The van der Waals surface area contributed by atoms with Crippen molar-refractivity contribution >= 4 is 32.3 Å². The summed E-state index contributed by atoms with van der Waals surface area (Å²) in [5.41, 5.74) is 10.8. The zero-order valence-corrected chi connectivity index (χ0v) is 20.0. The average molecular weight is 436 g/mol. The smallest absolute Gasteiger partial charge is 0.0752 e. The number of hydrogen-bond acceptors (Lipinski definition) is 1. The third-order valence-electron chi connectivity index (χ3n) is 8.84. The molecule has 0 saturated heterocycles. The molecule has 1 heteroatoms. The third kappa shape index (κ3) is 1.94. The molecule has 0 atom stereocenters. The predicted molar refractivity (Wildman–Crippen MR) is 143 cm³/mol. The van der Waals surface area contributed by atoms with Crippen LogP contribution in [0.1, 0.15) is 49.9 Å². The van der Waals surface area contributed by atoms with Crippen molar-refractivity contribution in [2.24, 2.45) is 0 Å². The minimum Gasteiger partial charge on any atom is -0.256 e. The Bertz CT molecular complexity index is 1710. The van der Waals surface area contributed by atoms with Gasteiger partial charge in [-0.15, -0.1) is 0 Å². The van der Waals surface area contributed by atoms with Crippen LogP contribution in [-0.4, -0.2) is 4.98 Å². The fourth-order valence-electron chi connectivity index (χ4n) is 7.13. The predicted octanol–water partition coefficient (Wildman–Crippen LogP) is 8.59. The largest absolute Gasteiger partial charge is 0.256 e. The van der Waals surface area contributed by atoms with Crippen LogP contribution in [0.25, 0.3) is 54.7 Å². The number of pyridine rings is 1. The van der Waals surface area contributed by atoms with Crippen LogP contribution < -0.4 is 0 Å². The zero-order chi connectivity index (χ0) is 23.0. The summed E-state index contributed by atoms with van der Waals surface area (Å²) in [6.45, 7) is 9.41. The van der Waals surface area contributed by atoms with Gasteiger partial charge in [-0.25, -0.2) is 0 Å². The van der Waals surface area contributed by atoms with Crippen LogP contribution in [0.15, 0.2) is 79.0 Å². The number of fused-ring (bicyclic) bond motifs is 8. The number of benzene rings is 5. The molecule has 2 aliphatic carbocycles. The molecule has 34 heavy (non-hydrogen) atoms. The van der Waals surface area contributed by atoms with Crippen LogP contribution in [0, 0.1) is 0 Å². The summed E-state index contributed by atoms with van der Waals surface area (Å²) in [7, 11) is 0. The van der Waals surface area contributed by atoms with E-state index in [9.17, 15) is 0 Å². The van der Waals surface area contributed by atoms with Crippen LogP contribution in [0.2, 0.25) is 0 Å². The molecule has 0 fully saturated rings. The van der Waals surface area contributed by atoms with Gasteiger partial charge < -0.3 is 0 Å². The lowest BCUT2D eigenvalue weighted by Gasteiger charge is -2.24. The first-order chi connectivity index (χ1) is 16.4. The van der Waals surface area contributed by atoms with Gasteiger partial charge in [0.25, 0.3) is 0 Å². The number of nitrogens with zero attached hydrogens (tertiary/aromatic N) is 1. The third-order valence-corrected chi connectivity index (χ3v) is 8.84. The first kappa shape index (κ1) is 18.7. The summed E-state index contributed by atoms with van der Waals surface area (Å²) in [4.78, 5) is 4.89. The molecule has 0 bridgehead atoms. The molecular formula is C33H25N. The van der Waals surface area contributed by atoms with Crippen molar-refractivity contribution in [3.63, 3.8) is 0 Å². The van der Waals surface area contributed by atoms with Gasteiger partial charge in [0.2, 0.25) is 0 Å². The van der Waals surface area contributed by atoms with Crippen molar-refractivity contribution in [2.45, 2.75) is 38.5 Å². The SMILES string of the molecule is CC1(C)c2ccccc2-c2c1cc1ccc3c4c(cc5ccc2c1c53)C(C)(C)c1cccnc1-4. The summed E-state index contributed by atoms with van der Waals surface area (Å²) < 4.78 is 0. The van der Waals surface area contributed by atoms with Crippen LogP contribution in [0.5, 0.6) is 0 Å². The van der Waals surface area contributed by atoms with E-state index in [1.807, 2.05) is 6.20 Å². The number of hydrogen-bond donors (Lipinski definition) is 0. The van der Waals surface area contributed by atoms with E-state index in [4.69, 9.17) is 4.98 Å². The van der Waals surface area contributed by atoms with Crippen LogP contribution in [-0.2, 0) is 10.8 Å². The topological polar surface area (TPSA) is 12.9 Å². The molecule has 1 heterocycles. The lowest BCUT2D eigenvalue weighted by Crippen LogP contribution is -2.15. The summed E-state index contributed by atoms with van der Waals surface area (Å²) in [5.74, 6) is 0. The molecule has 6 aromatic rings. The molecule has 8 rings (SSSR count). The van der Waals surface area contributed by atoms with Gasteiger partial charge in [-0.2, -0.15) is 0 Å². The Morgan fingerprint density at radius 1 is 0.559 bits per heavy atom. The van der Waals surface area contributed by atoms with E-state index in [0.29, 0.717) is 0 Å². The van der Waals surface area contributed by atoms with Gasteiger partial charge in [0.15, 0.2) is 0 Å². The van der Waals surface area contributed by atoms with Crippen molar-refractivity contribution in [2.75, 3.05) is 0 Å². The standard InChI is InChI=1S/C33H25N/c1-32(2)23-9-6-5-8-20(23)29-21-13-11-19-17-26-30(31-24(33(26,3)4)10-7-15-34-31)22-14-12-18(16-25(29)32)27(21)28(19)22/h5-17H,1-4H3. The van der Waals surface area contributed by atoms with Crippen molar-refractivity contribution in [3.8, 4) is 22.4 Å². The van der Waals surface area contributed by atoms with Crippen molar-refractivity contribution in [1.29, 1.82) is 0 Å². The van der Waals surface area contributed by atoms with Gasteiger partial charge >= 0.3 is 0 Å². The molecule has 162 valence electrons. The first-order valence-electron chi connectivity index (χ1n) is 12.2. The fraction of sp³-hybridized carbons (Fsp3) is 0.182. The minimum absolute atomic E-state index is 0.00447. The van der Waals surface area contributed by atoms with E-state index >= 15 is 0 Å².